The van der Waals surface area contributed by atoms with E-state index in [-0.39, 0.29) is 24.9 Å². The first-order chi connectivity index (χ1) is 6.61. The molecule has 0 spiro atoms. The molecule has 3 unspecified atom stereocenters. The zero-order valence-corrected chi connectivity index (χ0v) is 10.4. The van der Waals surface area contributed by atoms with Gasteiger partial charge in [-0.3, -0.25) is 4.79 Å². The molecular formula is C10H21ClN2O2. The zero-order chi connectivity index (χ0) is 10.7. The summed E-state index contributed by atoms with van der Waals surface area (Å²) in [6.45, 7) is 5.34. The normalized spacial score (nSPS) is 27.3. The van der Waals surface area contributed by atoms with Gasteiger partial charge in [-0.15, -0.1) is 12.4 Å². The van der Waals surface area contributed by atoms with Crippen molar-refractivity contribution >= 4 is 18.3 Å². The zero-order valence-electron chi connectivity index (χ0n) is 9.60. The molecule has 0 aromatic heterocycles. The maximum absolute atomic E-state index is 11.9. The van der Waals surface area contributed by atoms with Gasteiger partial charge in [-0.25, -0.2) is 0 Å². The summed E-state index contributed by atoms with van der Waals surface area (Å²) in [6, 6.07) is 0.312. The second-order valence-corrected chi connectivity index (χ2v) is 4.00. The van der Waals surface area contributed by atoms with E-state index in [2.05, 4.69) is 13.8 Å². The molecule has 2 N–H and O–H groups in total. The van der Waals surface area contributed by atoms with Crippen LogP contribution in [0.1, 0.15) is 20.3 Å². The number of methoxy groups -OCH3 is 1. The van der Waals surface area contributed by atoms with E-state index in [1.165, 1.54) is 7.11 Å². The molecule has 1 fully saturated rings. The number of carbonyl (C=O) groups excluding carboxylic acids is 1. The molecule has 1 aliphatic heterocycles. The minimum Gasteiger partial charge on any atom is -0.370 e. The van der Waals surface area contributed by atoms with Gasteiger partial charge in [0, 0.05) is 26.2 Å². The number of amides is 1. The molecule has 3 atom stereocenters. The van der Waals surface area contributed by atoms with Crippen molar-refractivity contribution in [1.29, 1.82) is 0 Å². The molecule has 1 aliphatic rings. The summed E-state index contributed by atoms with van der Waals surface area (Å²) in [5.41, 5.74) is 5.46. The van der Waals surface area contributed by atoms with Crippen LogP contribution < -0.4 is 5.73 Å². The third kappa shape index (κ3) is 3.06. The number of nitrogens with two attached hydrogens (primary N) is 1. The lowest BCUT2D eigenvalue weighted by Crippen LogP contribution is -2.45. The summed E-state index contributed by atoms with van der Waals surface area (Å²) >= 11 is 0. The molecule has 0 aromatic rings. The molecule has 0 radical (unpaired) electrons. The molecule has 1 saturated heterocycles. The van der Waals surface area contributed by atoms with E-state index in [4.69, 9.17) is 10.5 Å². The van der Waals surface area contributed by atoms with Gasteiger partial charge in [0.1, 0.15) is 6.10 Å². The molecular weight excluding hydrogens is 216 g/mol. The number of likely N-dealkylation sites (tertiary alicyclic amines) is 1. The Morgan fingerprint density at radius 3 is 2.53 bits per heavy atom. The van der Waals surface area contributed by atoms with Crippen LogP contribution in [0.2, 0.25) is 0 Å². The summed E-state index contributed by atoms with van der Waals surface area (Å²) in [5, 5.41) is 0. The van der Waals surface area contributed by atoms with Crippen LogP contribution in [-0.4, -0.2) is 43.2 Å². The predicted molar refractivity (Wildman–Crippen MR) is 62.1 cm³/mol. The molecule has 0 saturated carbocycles. The average Bonchev–Trinajstić information content (AvgIpc) is 2.49. The van der Waals surface area contributed by atoms with Crippen molar-refractivity contribution in [2.75, 3.05) is 20.2 Å². The first-order valence-electron chi connectivity index (χ1n) is 5.15. The van der Waals surface area contributed by atoms with Gasteiger partial charge in [-0.05, 0) is 19.3 Å². The Labute approximate surface area is 97.5 Å². The van der Waals surface area contributed by atoms with Crippen LogP contribution in [0.4, 0.5) is 0 Å². The molecule has 4 nitrogen and oxygen atoms in total. The van der Waals surface area contributed by atoms with Crippen molar-refractivity contribution < 1.29 is 9.53 Å². The molecule has 90 valence electrons. The molecule has 0 aliphatic carbocycles. The Hall–Kier alpha value is -0.320. The van der Waals surface area contributed by atoms with Crippen molar-refractivity contribution in [2.24, 2.45) is 11.7 Å². The maximum Gasteiger partial charge on any atom is 0.253 e. The van der Waals surface area contributed by atoms with Gasteiger partial charge < -0.3 is 15.4 Å². The Morgan fingerprint density at radius 1 is 1.60 bits per heavy atom. The largest absolute Gasteiger partial charge is 0.370 e. The molecule has 0 bridgehead atoms. The van der Waals surface area contributed by atoms with Gasteiger partial charge in [0.05, 0.1) is 0 Å². The summed E-state index contributed by atoms with van der Waals surface area (Å²) in [6.07, 6.45) is 0.608. The lowest BCUT2D eigenvalue weighted by Gasteiger charge is -2.26. The van der Waals surface area contributed by atoms with Crippen molar-refractivity contribution in [3.8, 4) is 0 Å². The Balaban J connectivity index is 0.00000196. The number of hydrogen-bond donors (Lipinski definition) is 1. The third-order valence-electron chi connectivity index (χ3n) is 3.20. The minimum atomic E-state index is -0.470. The van der Waals surface area contributed by atoms with Gasteiger partial charge in [0.2, 0.25) is 0 Å². The fourth-order valence-corrected chi connectivity index (χ4v) is 1.89. The number of ether oxygens (including phenoxy) is 1. The van der Waals surface area contributed by atoms with Crippen molar-refractivity contribution in [1.82, 2.24) is 4.90 Å². The van der Waals surface area contributed by atoms with Crippen molar-refractivity contribution in [3.63, 3.8) is 0 Å². The lowest BCUT2D eigenvalue weighted by molar-refractivity contribution is -0.142. The highest BCUT2D eigenvalue weighted by molar-refractivity contribution is 5.85. The van der Waals surface area contributed by atoms with Crippen molar-refractivity contribution in [3.05, 3.63) is 0 Å². The van der Waals surface area contributed by atoms with Crippen LogP contribution in [0.3, 0.4) is 0 Å². The second-order valence-electron chi connectivity index (χ2n) is 4.00. The van der Waals surface area contributed by atoms with Crippen LogP contribution in [0.15, 0.2) is 0 Å². The lowest BCUT2D eigenvalue weighted by atomic mass is 10.1. The van der Waals surface area contributed by atoms with Gasteiger partial charge in [0.25, 0.3) is 5.91 Å². The molecule has 5 heteroatoms. The van der Waals surface area contributed by atoms with Gasteiger partial charge in [-0.2, -0.15) is 0 Å². The van der Waals surface area contributed by atoms with E-state index in [1.54, 1.807) is 0 Å². The highest BCUT2D eigenvalue weighted by Crippen LogP contribution is 2.24. The third-order valence-corrected chi connectivity index (χ3v) is 3.20. The standard InChI is InChI=1S/C10H20N2O2.ClH/c1-7-4-5-12(8(7)2)10(13)9(6-11)14-3;/h7-9H,4-6,11H2,1-3H3;1H. The SMILES string of the molecule is COC(CN)C(=O)N1CCC(C)C1C.Cl. The first kappa shape index (κ1) is 14.7. The number of halogens is 1. The van der Waals surface area contributed by atoms with Crippen LogP contribution in [0, 0.1) is 5.92 Å². The fourth-order valence-electron chi connectivity index (χ4n) is 1.89. The molecule has 0 aromatic carbocycles. The van der Waals surface area contributed by atoms with Crippen LogP contribution in [0.5, 0.6) is 0 Å². The maximum atomic E-state index is 11.9. The molecule has 1 heterocycles. The molecule has 15 heavy (non-hydrogen) atoms. The average molecular weight is 237 g/mol. The highest BCUT2D eigenvalue weighted by Gasteiger charge is 2.33. The predicted octanol–water partition coefficient (Wildman–Crippen LogP) is 0.639. The first-order valence-corrected chi connectivity index (χ1v) is 5.15. The Morgan fingerprint density at radius 2 is 2.20 bits per heavy atom. The Kier molecular flexibility index (Phi) is 6.17. The molecule has 1 rings (SSSR count). The van der Waals surface area contributed by atoms with Gasteiger partial charge in [-0.1, -0.05) is 6.92 Å². The van der Waals surface area contributed by atoms with Crippen LogP contribution >= 0.6 is 12.4 Å². The van der Waals surface area contributed by atoms with Crippen LogP contribution in [-0.2, 0) is 9.53 Å². The minimum absolute atomic E-state index is 0. The Bertz CT molecular complexity index is 210. The van der Waals surface area contributed by atoms with E-state index in [9.17, 15) is 4.79 Å². The summed E-state index contributed by atoms with van der Waals surface area (Å²) < 4.78 is 5.04. The van der Waals surface area contributed by atoms with Crippen LogP contribution in [0.25, 0.3) is 0 Å². The highest BCUT2D eigenvalue weighted by atomic mass is 35.5. The number of hydrogen-bond acceptors (Lipinski definition) is 3. The second kappa shape index (κ2) is 6.30. The van der Waals surface area contributed by atoms with E-state index in [1.807, 2.05) is 4.90 Å². The quantitative estimate of drug-likeness (QED) is 0.783. The number of carbonyl (C=O) groups is 1. The monoisotopic (exact) mass is 236 g/mol. The smallest absolute Gasteiger partial charge is 0.253 e. The van der Waals surface area contributed by atoms with E-state index in [0.29, 0.717) is 12.0 Å². The summed E-state index contributed by atoms with van der Waals surface area (Å²) in [4.78, 5) is 13.8. The van der Waals surface area contributed by atoms with E-state index < -0.39 is 6.10 Å². The van der Waals surface area contributed by atoms with E-state index in [0.717, 1.165) is 13.0 Å². The fraction of sp³-hybridized carbons (Fsp3) is 0.900. The molecule has 1 amide bonds. The summed E-state index contributed by atoms with van der Waals surface area (Å²) in [7, 11) is 1.53. The topological polar surface area (TPSA) is 55.6 Å². The summed E-state index contributed by atoms with van der Waals surface area (Å²) in [5.74, 6) is 0.612. The van der Waals surface area contributed by atoms with Gasteiger partial charge in [0.15, 0.2) is 0 Å². The van der Waals surface area contributed by atoms with E-state index >= 15 is 0 Å². The van der Waals surface area contributed by atoms with Crippen molar-refractivity contribution in [2.45, 2.75) is 32.4 Å². The number of nitrogens with zero attached hydrogens (tertiary/aromatic N) is 1. The van der Waals surface area contributed by atoms with Gasteiger partial charge >= 0.3 is 0 Å². The number of rotatable bonds is 3.